The molecular formula is C33H33Cl2N3O5S. The monoisotopic (exact) mass is 653 g/mol. The van der Waals surface area contributed by atoms with Crippen LogP contribution in [0.15, 0.2) is 108 Å². The molecule has 2 amide bonds. The van der Waals surface area contributed by atoms with Gasteiger partial charge in [0.25, 0.3) is 10.0 Å². The molecular weight excluding hydrogens is 621 g/mol. The van der Waals surface area contributed by atoms with Crippen LogP contribution in [-0.4, -0.2) is 51.4 Å². The minimum absolute atomic E-state index is 0.0215. The predicted octanol–water partition coefficient (Wildman–Crippen LogP) is 5.97. The van der Waals surface area contributed by atoms with Gasteiger partial charge in [-0.2, -0.15) is 0 Å². The van der Waals surface area contributed by atoms with Crippen molar-refractivity contribution in [1.82, 2.24) is 10.2 Å². The Hall–Kier alpha value is -4.05. The van der Waals surface area contributed by atoms with Gasteiger partial charge in [-0.1, -0.05) is 77.8 Å². The SMILES string of the molecule is CCNC(=O)C(Cc1ccccc1)N(Cc1ccc(Cl)cc1Cl)C(=O)CN(c1ccccc1)S(=O)(=O)c1ccc(OC)cc1. The smallest absolute Gasteiger partial charge is 0.264 e. The number of nitrogens with one attached hydrogen (secondary N) is 1. The maximum Gasteiger partial charge on any atom is 0.264 e. The van der Waals surface area contributed by atoms with E-state index in [2.05, 4.69) is 5.32 Å². The van der Waals surface area contributed by atoms with Crippen molar-refractivity contribution in [1.29, 1.82) is 0 Å². The summed E-state index contributed by atoms with van der Waals surface area (Å²) in [5, 5.41) is 3.57. The lowest BCUT2D eigenvalue weighted by Crippen LogP contribution is -2.53. The average Bonchev–Trinajstić information content (AvgIpc) is 3.03. The molecule has 0 bridgehead atoms. The molecule has 0 spiro atoms. The van der Waals surface area contributed by atoms with Crippen LogP contribution in [-0.2, 0) is 32.6 Å². The Morgan fingerprint density at radius 1 is 0.886 bits per heavy atom. The molecule has 4 aromatic carbocycles. The van der Waals surface area contributed by atoms with E-state index < -0.39 is 28.5 Å². The van der Waals surface area contributed by atoms with Gasteiger partial charge in [0.1, 0.15) is 18.3 Å². The number of hydrogen-bond acceptors (Lipinski definition) is 5. The lowest BCUT2D eigenvalue weighted by Gasteiger charge is -2.34. The van der Waals surface area contributed by atoms with Crippen molar-refractivity contribution < 1.29 is 22.7 Å². The number of ether oxygens (including phenoxy) is 1. The first kappa shape index (κ1) is 32.9. The van der Waals surface area contributed by atoms with E-state index in [4.69, 9.17) is 27.9 Å². The summed E-state index contributed by atoms with van der Waals surface area (Å²) in [4.78, 5) is 29.3. The highest BCUT2D eigenvalue weighted by Gasteiger charge is 2.34. The Morgan fingerprint density at radius 3 is 2.11 bits per heavy atom. The van der Waals surface area contributed by atoms with E-state index in [-0.39, 0.29) is 23.8 Å². The van der Waals surface area contributed by atoms with Crippen LogP contribution in [0.25, 0.3) is 0 Å². The summed E-state index contributed by atoms with van der Waals surface area (Å²) in [6.45, 7) is 1.50. The average molecular weight is 655 g/mol. The molecule has 0 aliphatic carbocycles. The molecule has 8 nitrogen and oxygen atoms in total. The van der Waals surface area contributed by atoms with Gasteiger partial charge in [-0.3, -0.25) is 13.9 Å². The van der Waals surface area contributed by atoms with E-state index in [9.17, 15) is 18.0 Å². The second-order valence-corrected chi connectivity index (χ2v) is 12.6. The van der Waals surface area contributed by atoms with Gasteiger partial charge in [-0.05, 0) is 66.6 Å². The van der Waals surface area contributed by atoms with E-state index in [0.29, 0.717) is 33.6 Å². The van der Waals surface area contributed by atoms with Crippen molar-refractivity contribution >= 4 is 50.7 Å². The van der Waals surface area contributed by atoms with E-state index >= 15 is 0 Å². The third-order valence-electron chi connectivity index (χ3n) is 6.95. The highest BCUT2D eigenvalue weighted by atomic mass is 35.5. The van der Waals surface area contributed by atoms with Crippen LogP contribution in [0.2, 0.25) is 10.0 Å². The first-order valence-electron chi connectivity index (χ1n) is 13.9. The van der Waals surface area contributed by atoms with Crippen molar-refractivity contribution in [2.45, 2.75) is 30.8 Å². The van der Waals surface area contributed by atoms with Gasteiger partial charge in [0.05, 0.1) is 17.7 Å². The van der Waals surface area contributed by atoms with E-state index in [1.54, 1.807) is 55.5 Å². The van der Waals surface area contributed by atoms with Gasteiger partial charge < -0.3 is 15.0 Å². The molecule has 0 aromatic heterocycles. The number of halogens is 2. The number of anilines is 1. The number of nitrogens with zero attached hydrogens (tertiary/aromatic N) is 2. The number of amides is 2. The zero-order valence-corrected chi connectivity index (χ0v) is 26.6. The lowest BCUT2D eigenvalue weighted by molar-refractivity contribution is -0.140. The van der Waals surface area contributed by atoms with Crippen LogP contribution in [0.5, 0.6) is 5.75 Å². The summed E-state index contributed by atoms with van der Waals surface area (Å²) in [6, 6.07) is 27.5. The first-order valence-corrected chi connectivity index (χ1v) is 16.1. The predicted molar refractivity (Wildman–Crippen MR) is 174 cm³/mol. The zero-order valence-electron chi connectivity index (χ0n) is 24.3. The number of rotatable bonds is 13. The number of benzene rings is 4. The molecule has 1 N–H and O–H groups in total. The summed E-state index contributed by atoms with van der Waals surface area (Å²) in [7, 11) is -2.74. The highest BCUT2D eigenvalue weighted by molar-refractivity contribution is 7.92. The van der Waals surface area contributed by atoms with Crippen molar-refractivity contribution in [3.8, 4) is 5.75 Å². The normalized spacial score (nSPS) is 11.8. The van der Waals surface area contributed by atoms with Crippen molar-refractivity contribution in [3.05, 3.63) is 124 Å². The fourth-order valence-corrected chi connectivity index (χ4v) is 6.56. The molecule has 0 radical (unpaired) electrons. The van der Waals surface area contributed by atoms with E-state index in [1.807, 2.05) is 30.3 Å². The summed E-state index contributed by atoms with van der Waals surface area (Å²) < 4.78 is 34.3. The highest BCUT2D eigenvalue weighted by Crippen LogP contribution is 2.28. The summed E-state index contributed by atoms with van der Waals surface area (Å²) in [5.41, 5.74) is 1.67. The van der Waals surface area contributed by atoms with Crippen LogP contribution in [0.1, 0.15) is 18.1 Å². The quantitative estimate of drug-likeness (QED) is 0.192. The van der Waals surface area contributed by atoms with Crippen molar-refractivity contribution in [2.75, 3.05) is 24.5 Å². The zero-order chi connectivity index (χ0) is 31.7. The van der Waals surface area contributed by atoms with Crippen LogP contribution in [0, 0.1) is 0 Å². The van der Waals surface area contributed by atoms with Gasteiger partial charge in [0, 0.05) is 29.6 Å². The number of likely N-dealkylation sites (N-methyl/N-ethyl adjacent to an activating group) is 1. The molecule has 1 unspecified atom stereocenters. The fourth-order valence-electron chi connectivity index (χ4n) is 4.68. The second kappa shape index (κ2) is 15.1. The largest absolute Gasteiger partial charge is 0.497 e. The van der Waals surface area contributed by atoms with Crippen LogP contribution in [0.3, 0.4) is 0 Å². The molecule has 1 atom stereocenters. The standard InChI is InChI=1S/C33H33Cl2N3O5S/c1-3-36-33(40)31(20-24-10-6-4-7-11-24)37(22-25-14-15-26(34)21-30(25)35)32(39)23-38(27-12-8-5-9-13-27)44(41,42)29-18-16-28(43-2)17-19-29/h4-19,21,31H,3,20,22-23H2,1-2H3,(H,36,40). The van der Waals surface area contributed by atoms with Gasteiger partial charge in [-0.25, -0.2) is 8.42 Å². The van der Waals surface area contributed by atoms with Gasteiger partial charge in [-0.15, -0.1) is 0 Å². The topological polar surface area (TPSA) is 96.0 Å². The Kier molecular flexibility index (Phi) is 11.3. The Morgan fingerprint density at radius 2 is 1.52 bits per heavy atom. The molecule has 0 heterocycles. The van der Waals surface area contributed by atoms with Gasteiger partial charge in [0.2, 0.25) is 11.8 Å². The lowest BCUT2D eigenvalue weighted by atomic mass is 10.0. The number of carbonyl (C=O) groups excluding carboxylic acids is 2. The third kappa shape index (κ3) is 8.11. The summed E-state index contributed by atoms with van der Waals surface area (Å²) >= 11 is 12.7. The number of para-hydroxylation sites is 1. The van der Waals surface area contributed by atoms with Crippen molar-refractivity contribution in [3.63, 3.8) is 0 Å². The summed E-state index contributed by atoms with van der Waals surface area (Å²) in [6.07, 6.45) is 0.195. The molecule has 4 aromatic rings. The van der Waals surface area contributed by atoms with Crippen molar-refractivity contribution in [2.24, 2.45) is 0 Å². The van der Waals surface area contributed by atoms with Gasteiger partial charge >= 0.3 is 0 Å². The molecule has 0 aliphatic rings. The number of carbonyl (C=O) groups is 2. The minimum Gasteiger partial charge on any atom is -0.497 e. The maximum atomic E-state index is 14.4. The molecule has 230 valence electrons. The maximum absolute atomic E-state index is 14.4. The Bertz CT molecular complexity index is 1670. The molecule has 11 heteroatoms. The molecule has 4 rings (SSSR count). The second-order valence-electron chi connectivity index (χ2n) is 9.88. The molecule has 0 aliphatic heterocycles. The number of methoxy groups -OCH3 is 1. The third-order valence-corrected chi connectivity index (χ3v) is 9.32. The number of hydrogen-bond donors (Lipinski definition) is 1. The Labute approximate surface area is 268 Å². The van der Waals surface area contributed by atoms with Crippen LogP contribution < -0.4 is 14.4 Å². The number of sulfonamides is 1. The molecule has 0 fully saturated rings. The van der Waals surface area contributed by atoms with Crippen LogP contribution >= 0.6 is 23.2 Å². The van der Waals surface area contributed by atoms with E-state index in [1.165, 1.54) is 36.3 Å². The Balaban J connectivity index is 1.79. The first-order chi connectivity index (χ1) is 21.1. The minimum atomic E-state index is -4.22. The van der Waals surface area contributed by atoms with Gasteiger partial charge in [0.15, 0.2) is 0 Å². The molecule has 44 heavy (non-hydrogen) atoms. The fraction of sp³-hybridized carbons (Fsp3) is 0.212. The molecule has 0 saturated heterocycles. The summed E-state index contributed by atoms with van der Waals surface area (Å²) in [5.74, 6) is -0.480. The van der Waals surface area contributed by atoms with E-state index in [0.717, 1.165) is 9.87 Å². The van der Waals surface area contributed by atoms with Crippen LogP contribution in [0.4, 0.5) is 5.69 Å². The molecule has 0 saturated carbocycles.